The van der Waals surface area contributed by atoms with Gasteiger partial charge in [0.05, 0.1) is 18.4 Å². The molecule has 3 aromatic rings. The molecule has 1 unspecified atom stereocenters. The highest BCUT2D eigenvalue weighted by Crippen LogP contribution is 2.37. The first-order chi connectivity index (χ1) is 18.0. The Labute approximate surface area is 216 Å². The van der Waals surface area contributed by atoms with E-state index in [4.69, 9.17) is 21.1 Å². The highest BCUT2D eigenvalue weighted by molar-refractivity contribution is 5.95. The van der Waals surface area contributed by atoms with Crippen molar-refractivity contribution < 1.29 is 14.3 Å². The highest BCUT2D eigenvalue weighted by atomic mass is 16.5. The van der Waals surface area contributed by atoms with Crippen LogP contribution in [0.5, 0.6) is 5.75 Å². The first kappa shape index (κ1) is 24.3. The van der Waals surface area contributed by atoms with E-state index in [9.17, 15) is 4.79 Å². The SMILES string of the molecule is COc1ccc(-c2ccc(COC(=O)C3=C(C)N=C(N)N(N)C3c3cccc4c3CCC=C4)cc2)cc1. The summed E-state index contributed by atoms with van der Waals surface area (Å²) in [6.45, 7) is 1.90. The first-order valence-electron chi connectivity index (χ1n) is 12.2. The van der Waals surface area contributed by atoms with Crippen LogP contribution in [0.2, 0.25) is 0 Å². The van der Waals surface area contributed by atoms with Crippen molar-refractivity contribution in [2.75, 3.05) is 7.11 Å². The lowest BCUT2D eigenvalue weighted by atomic mass is 9.85. The van der Waals surface area contributed by atoms with Gasteiger partial charge in [-0.15, -0.1) is 0 Å². The Morgan fingerprint density at radius 2 is 1.76 bits per heavy atom. The molecule has 2 aliphatic rings. The number of nitrogens with two attached hydrogens (primary N) is 2. The van der Waals surface area contributed by atoms with Crippen LogP contribution in [0, 0.1) is 0 Å². The first-order valence-corrected chi connectivity index (χ1v) is 12.2. The zero-order valence-electron chi connectivity index (χ0n) is 21.0. The Kier molecular flexibility index (Phi) is 6.79. The van der Waals surface area contributed by atoms with Crippen molar-refractivity contribution >= 4 is 18.0 Å². The van der Waals surface area contributed by atoms with E-state index in [-0.39, 0.29) is 12.6 Å². The average molecular weight is 495 g/mol. The molecular weight excluding hydrogens is 464 g/mol. The van der Waals surface area contributed by atoms with E-state index >= 15 is 0 Å². The lowest BCUT2D eigenvalue weighted by molar-refractivity contribution is -0.141. The number of carbonyl (C=O) groups excluding carboxylic acids is 1. The second-order valence-corrected chi connectivity index (χ2v) is 9.14. The van der Waals surface area contributed by atoms with Crippen LogP contribution in [-0.2, 0) is 22.6 Å². The van der Waals surface area contributed by atoms with Crippen molar-refractivity contribution in [1.82, 2.24) is 5.01 Å². The topological polar surface area (TPSA) is 103 Å². The quantitative estimate of drug-likeness (QED) is 0.374. The van der Waals surface area contributed by atoms with Crippen LogP contribution in [0.1, 0.15) is 41.6 Å². The van der Waals surface area contributed by atoms with Gasteiger partial charge in [0.15, 0.2) is 0 Å². The summed E-state index contributed by atoms with van der Waals surface area (Å²) in [7, 11) is 1.65. The van der Waals surface area contributed by atoms with E-state index in [1.54, 1.807) is 14.0 Å². The minimum absolute atomic E-state index is 0.130. The van der Waals surface area contributed by atoms with Crippen LogP contribution < -0.4 is 16.3 Å². The van der Waals surface area contributed by atoms with Crippen molar-refractivity contribution in [3.8, 4) is 16.9 Å². The summed E-state index contributed by atoms with van der Waals surface area (Å²) >= 11 is 0. The van der Waals surface area contributed by atoms with Crippen LogP contribution in [0.3, 0.4) is 0 Å². The number of methoxy groups -OCH3 is 1. The van der Waals surface area contributed by atoms with Gasteiger partial charge in [-0.1, -0.05) is 66.7 Å². The molecule has 188 valence electrons. The Morgan fingerprint density at radius 1 is 1.05 bits per heavy atom. The number of hydrogen-bond acceptors (Lipinski definition) is 7. The molecule has 1 aliphatic heterocycles. The minimum atomic E-state index is -0.580. The summed E-state index contributed by atoms with van der Waals surface area (Å²) in [5, 5.41) is 1.36. The molecule has 1 heterocycles. The molecule has 4 N–H and O–H groups in total. The van der Waals surface area contributed by atoms with Crippen LogP contribution in [0.25, 0.3) is 17.2 Å². The van der Waals surface area contributed by atoms with E-state index in [0.717, 1.165) is 52.0 Å². The molecule has 0 saturated heterocycles. The van der Waals surface area contributed by atoms with Gasteiger partial charge in [0.25, 0.3) is 0 Å². The maximum Gasteiger partial charge on any atom is 0.338 e. The summed E-state index contributed by atoms with van der Waals surface area (Å²) in [5.41, 5.74) is 13.3. The Hall–Kier alpha value is -4.36. The maximum absolute atomic E-state index is 13.4. The van der Waals surface area contributed by atoms with Crippen molar-refractivity contribution in [1.29, 1.82) is 0 Å². The van der Waals surface area contributed by atoms with Crippen LogP contribution in [-0.4, -0.2) is 24.0 Å². The monoisotopic (exact) mass is 494 g/mol. The number of aliphatic imine (C=N–C) groups is 1. The average Bonchev–Trinajstić information content (AvgIpc) is 2.93. The highest BCUT2D eigenvalue weighted by Gasteiger charge is 2.36. The third kappa shape index (κ3) is 4.86. The molecule has 37 heavy (non-hydrogen) atoms. The molecule has 1 atom stereocenters. The van der Waals surface area contributed by atoms with Gasteiger partial charge in [-0.3, -0.25) is 5.01 Å². The lowest BCUT2D eigenvalue weighted by Gasteiger charge is -2.35. The van der Waals surface area contributed by atoms with Gasteiger partial charge in [-0.05, 0) is 65.3 Å². The zero-order valence-corrected chi connectivity index (χ0v) is 21.0. The third-order valence-corrected chi connectivity index (χ3v) is 6.86. The van der Waals surface area contributed by atoms with Crippen LogP contribution in [0.4, 0.5) is 0 Å². The largest absolute Gasteiger partial charge is 0.497 e. The molecule has 0 bridgehead atoms. The van der Waals surface area contributed by atoms with Crippen molar-refractivity contribution in [3.63, 3.8) is 0 Å². The number of benzene rings is 3. The summed E-state index contributed by atoms with van der Waals surface area (Å²) in [4.78, 5) is 17.8. The fourth-order valence-corrected chi connectivity index (χ4v) is 4.89. The van der Waals surface area contributed by atoms with Gasteiger partial charge < -0.3 is 15.2 Å². The van der Waals surface area contributed by atoms with Gasteiger partial charge in [0.2, 0.25) is 5.96 Å². The van der Waals surface area contributed by atoms with E-state index in [0.29, 0.717) is 11.3 Å². The normalized spacial score (nSPS) is 16.8. The Morgan fingerprint density at radius 3 is 2.46 bits per heavy atom. The summed E-state index contributed by atoms with van der Waals surface area (Å²) in [5.74, 6) is 6.90. The van der Waals surface area contributed by atoms with E-state index < -0.39 is 12.0 Å². The maximum atomic E-state index is 13.4. The number of allylic oxidation sites excluding steroid dienone is 2. The number of carbonyl (C=O) groups is 1. The van der Waals surface area contributed by atoms with E-state index in [1.165, 1.54) is 5.01 Å². The summed E-state index contributed by atoms with van der Waals surface area (Å²) in [6, 6.07) is 21.3. The fourth-order valence-electron chi connectivity index (χ4n) is 4.89. The number of fused-ring (bicyclic) bond motifs is 1. The molecule has 7 heteroatoms. The number of rotatable bonds is 6. The molecular formula is C30H30N4O3. The number of hydrogen-bond donors (Lipinski definition) is 2. The lowest BCUT2D eigenvalue weighted by Crippen LogP contribution is -2.49. The number of ether oxygens (including phenoxy) is 2. The molecule has 0 spiro atoms. The number of nitrogens with zero attached hydrogens (tertiary/aromatic N) is 2. The van der Waals surface area contributed by atoms with E-state index in [2.05, 4.69) is 23.2 Å². The summed E-state index contributed by atoms with van der Waals surface area (Å²) in [6.07, 6.45) is 6.05. The zero-order chi connectivity index (χ0) is 25.9. The van der Waals surface area contributed by atoms with Gasteiger partial charge in [-0.25, -0.2) is 15.6 Å². The number of hydrazine groups is 1. The molecule has 0 radical (unpaired) electrons. The molecule has 5 rings (SSSR count). The number of guanidine groups is 1. The Balaban J connectivity index is 1.36. The van der Waals surface area contributed by atoms with Crippen molar-refractivity contribution in [3.05, 3.63) is 106 Å². The molecule has 1 aliphatic carbocycles. The number of esters is 1. The predicted octanol–water partition coefficient (Wildman–Crippen LogP) is 4.88. The molecule has 3 aromatic carbocycles. The molecule has 0 fully saturated rings. The minimum Gasteiger partial charge on any atom is -0.497 e. The second-order valence-electron chi connectivity index (χ2n) is 9.14. The van der Waals surface area contributed by atoms with Crippen molar-refractivity contribution in [2.45, 2.75) is 32.4 Å². The third-order valence-electron chi connectivity index (χ3n) is 6.86. The molecule has 0 saturated carbocycles. The van der Waals surface area contributed by atoms with Crippen molar-refractivity contribution in [2.24, 2.45) is 16.6 Å². The predicted molar refractivity (Wildman–Crippen MR) is 145 cm³/mol. The van der Waals surface area contributed by atoms with Gasteiger partial charge in [-0.2, -0.15) is 0 Å². The molecule has 7 nitrogen and oxygen atoms in total. The van der Waals surface area contributed by atoms with Gasteiger partial charge >= 0.3 is 5.97 Å². The fraction of sp³-hybridized carbons (Fsp3) is 0.200. The second kappa shape index (κ2) is 10.3. The molecule has 0 aromatic heterocycles. The van der Waals surface area contributed by atoms with Crippen LogP contribution in [0.15, 0.2) is 89.1 Å². The van der Waals surface area contributed by atoms with Crippen LogP contribution >= 0.6 is 0 Å². The standard InChI is InChI=1S/C30H30N4O3/c1-19-27(28(34(32)30(31)33-19)26-9-5-7-23-6-3-4-8-25(23)26)29(35)37-18-20-10-12-21(13-11-20)22-14-16-24(36-2)17-15-22/h3,5-7,9-17,28H,4,8,18,32H2,1-2H3,(H2,31,33). The van der Waals surface area contributed by atoms with E-state index in [1.807, 2.05) is 60.7 Å². The summed E-state index contributed by atoms with van der Waals surface area (Å²) < 4.78 is 11.0. The smallest absolute Gasteiger partial charge is 0.338 e. The Bertz CT molecular complexity index is 1410. The molecule has 0 amide bonds. The van der Waals surface area contributed by atoms with Gasteiger partial charge in [0.1, 0.15) is 18.4 Å². The van der Waals surface area contributed by atoms with Gasteiger partial charge in [0, 0.05) is 0 Å².